The van der Waals surface area contributed by atoms with Crippen LogP contribution in [-0.2, 0) is 0 Å². The van der Waals surface area contributed by atoms with Crippen LogP contribution in [0.15, 0.2) is 24.8 Å². The van der Waals surface area contributed by atoms with E-state index in [9.17, 15) is 4.79 Å². The largest absolute Gasteiger partial charge is 0.476 e. The lowest BCUT2D eigenvalue weighted by Gasteiger charge is -2.15. The Hall–Kier alpha value is -1.91. The minimum atomic E-state index is -1.07. The Morgan fingerprint density at radius 2 is 2.33 bits per heavy atom. The van der Waals surface area contributed by atoms with Gasteiger partial charge in [0.25, 0.3) is 0 Å². The highest BCUT2D eigenvalue weighted by Gasteiger charge is 2.06. The van der Waals surface area contributed by atoms with E-state index in [0.29, 0.717) is 5.82 Å². The highest BCUT2D eigenvalue weighted by molar-refractivity contribution is 5.85. The van der Waals surface area contributed by atoms with E-state index in [-0.39, 0.29) is 5.69 Å². The Bertz CT molecular complexity index is 348. The average Bonchev–Trinajstić information content (AvgIpc) is 2.26. The smallest absolute Gasteiger partial charge is 0.356 e. The van der Waals surface area contributed by atoms with Crippen molar-refractivity contribution in [3.05, 3.63) is 30.5 Å². The molecule has 0 amide bonds. The number of hydrogen-bond acceptors (Lipinski definition) is 4. The molecule has 0 atom stereocenters. The maximum atomic E-state index is 10.5. The van der Waals surface area contributed by atoms with Crippen LogP contribution in [0, 0.1) is 0 Å². The summed E-state index contributed by atoms with van der Waals surface area (Å²) in [6, 6.07) is 3.08. The van der Waals surface area contributed by atoms with Crippen LogP contribution in [0.1, 0.15) is 16.9 Å². The van der Waals surface area contributed by atoms with Crippen molar-refractivity contribution in [3.8, 4) is 0 Å². The number of anilines is 1. The third-order valence-electron chi connectivity index (χ3n) is 1.93. The number of aromatic nitrogens is 2. The predicted molar refractivity (Wildman–Crippen MR) is 57.1 cm³/mol. The van der Waals surface area contributed by atoms with Gasteiger partial charge in [-0.1, -0.05) is 6.08 Å². The van der Waals surface area contributed by atoms with Gasteiger partial charge in [-0.2, -0.15) is 0 Å². The van der Waals surface area contributed by atoms with Crippen molar-refractivity contribution < 1.29 is 9.90 Å². The summed E-state index contributed by atoms with van der Waals surface area (Å²) in [7, 11) is 1.87. The molecule has 5 nitrogen and oxygen atoms in total. The highest BCUT2D eigenvalue weighted by Crippen LogP contribution is 2.07. The summed E-state index contributed by atoms with van der Waals surface area (Å²) in [6.07, 6.45) is 2.66. The summed E-state index contributed by atoms with van der Waals surface area (Å²) < 4.78 is 0. The zero-order valence-corrected chi connectivity index (χ0v) is 8.55. The van der Waals surface area contributed by atoms with Crippen LogP contribution in [-0.4, -0.2) is 34.9 Å². The highest BCUT2D eigenvalue weighted by atomic mass is 16.4. The number of carboxylic acids is 1. The third kappa shape index (κ3) is 3.05. The maximum Gasteiger partial charge on any atom is 0.356 e. The zero-order valence-electron chi connectivity index (χ0n) is 8.55. The summed E-state index contributed by atoms with van der Waals surface area (Å²) in [5, 5.41) is 16.0. The Kier molecular flexibility index (Phi) is 3.79. The molecule has 0 aliphatic carbocycles. The van der Waals surface area contributed by atoms with Gasteiger partial charge >= 0.3 is 5.97 Å². The molecule has 0 unspecified atom stereocenters. The fraction of sp³-hybridized carbons (Fsp3) is 0.300. The summed E-state index contributed by atoms with van der Waals surface area (Å²) in [5.41, 5.74) is -0.0455. The molecule has 80 valence electrons. The number of aromatic carboxylic acids is 1. The lowest BCUT2D eigenvalue weighted by Crippen LogP contribution is -2.20. The summed E-state index contributed by atoms with van der Waals surface area (Å²) in [4.78, 5) is 12.4. The van der Waals surface area contributed by atoms with Crippen LogP contribution in [0.25, 0.3) is 0 Å². The van der Waals surface area contributed by atoms with Crippen LogP contribution in [0.2, 0.25) is 0 Å². The molecule has 0 fully saturated rings. The first-order valence-corrected chi connectivity index (χ1v) is 4.54. The number of carboxylic acid groups (broad SMARTS) is 1. The first-order valence-electron chi connectivity index (χ1n) is 4.54. The molecule has 1 heterocycles. The zero-order chi connectivity index (χ0) is 11.3. The number of carbonyl (C=O) groups is 1. The molecule has 1 rings (SSSR count). The van der Waals surface area contributed by atoms with E-state index >= 15 is 0 Å². The summed E-state index contributed by atoms with van der Waals surface area (Å²) >= 11 is 0. The van der Waals surface area contributed by atoms with Crippen molar-refractivity contribution in [1.29, 1.82) is 0 Å². The molecule has 0 saturated heterocycles. The van der Waals surface area contributed by atoms with Crippen molar-refractivity contribution in [1.82, 2.24) is 10.2 Å². The first kappa shape index (κ1) is 11.2. The van der Waals surface area contributed by atoms with Gasteiger partial charge in [-0.3, -0.25) is 0 Å². The van der Waals surface area contributed by atoms with Crippen LogP contribution in [0.3, 0.4) is 0 Å². The van der Waals surface area contributed by atoms with E-state index in [2.05, 4.69) is 16.8 Å². The molecule has 5 heteroatoms. The molecule has 0 spiro atoms. The van der Waals surface area contributed by atoms with Gasteiger partial charge in [-0.15, -0.1) is 16.8 Å². The average molecular weight is 207 g/mol. The fourth-order valence-corrected chi connectivity index (χ4v) is 1.04. The molecule has 0 aliphatic rings. The van der Waals surface area contributed by atoms with E-state index in [0.717, 1.165) is 13.0 Å². The molecule has 1 N–H and O–H groups in total. The normalized spacial score (nSPS) is 9.67. The van der Waals surface area contributed by atoms with Crippen LogP contribution in [0.4, 0.5) is 5.82 Å². The molecule has 0 aliphatic heterocycles. The van der Waals surface area contributed by atoms with Gasteiger partial charge in [0.05, 0.1) is 0 Å². The Morgan fingerprint density at radius 3 is 2.80 bits per heavy atom. The second kappa shape index (κ2) is 5.09. The lowest BCUT2D eigenvalue weighted by molar-refractivity contribution is 0.0689. The Morgan fingerprint density at radius 1 is 1.60 bits per heavy atom. The molecular formula is C10H13N3O2. The van der Waals surface area contributed by atoms with Crippen molar-refractivity contribution in [3.63, 3.8) is 0 Å². The number of nitrogens with zero attached hydrogens (tertiary/aromatic N) is 3. The molecule has 1 aromatic heterocycles. The monoisotopic (exact) mass is 207 g/mol. The second-order valence-corrected chi connectivity index (χ2v) is 3.08. The quantitative estimate of drug-likeness (QED) is 0.734. The molecule has 1 aromatic rings. The van der Waals surface area contributed by atoms with Gasteiger partial charge in [0, 0.05) is 13.6 Å². The molecule has 0 radical (unpaired) electrons. The third-order valence-corrected chi connectivity index (χ3v) is 1.93. The molecule has 0 saturated carbocycles. The standard InChI is InChI=1S/C10H13N3O2/c1-3-4-7-13(2)9-6-5-8(10(14)15)11-12-9/h3,5-6H,1,4,7H2,2H3,(H,14,15). The Balaban J connectivity index is 2.70. The van der Waals surface area contributed by atoms with Crippen molar-refractivity contribution in [2.45, 2.75) is 6.42 Å². The van der Waals surface area contributed by atoms with Crippen LogP contribution >= 0.6 is 0 Å². The molecular weight excluding hydrogens is 194 g/mol. The predicted octanol–water partition coefficient (Wildman–Crippen LogP) is 1.19. The Labute approximate surface area is 88.1 Å². The van der Waals surface area contributed by atoms with Crippen LogP contribution < -0.4 is 4.90 Å². The topological polar surface area (TPSA) is 66.3 Å². The fourth-order valence-electron chi connectivity index (χ4n) is 1.04. The van der Waals surface area contributed by atoms with Gasteiger partial charge in [-0.05, 0) is 18.6 Å². The van der Waals surface area contributed by atoms with Crippen molar-refractivity contribution >= 4 is 11.8 Å². The number of rotatable bonds is 5. The molecule has 15 heavy (non-hydrogen) atoms. The molecule has 0 bridgehead atoms. The minimum Gasteiger partial charge on any atom is -0.476 e. The minimum absolute atomic E-state index is 0.0455. The SMILES string of the molecule is C=CCCN(C)c1ccc(C(=O)O)nn1. The van der Waals surface area contributed by atoms with E-state index in [1.54, 1.807) is 6.07 Å². The molecule has 0 aromatic carbocycles. The second-order valence-electron chi connectivity index (χ2n) is 3.08. The first-order chi connectivity index (χ1) is 7.15. The van der Waals surface area contributed by atoms with Gasteiger partial charge in [0.15, 0.2) is 11.5 Å². The number of hydrogen-bond donors (Lipinski definition) is 1. The van der Waals surface area contributed by atoms with Crippen molar-refractivity contribution in [2.24, 2.45) is 0 Å². The van der Waals surface area contributed by atoms with E-state index in [4.69, 9.17) is 5.11 Å². The van der Waals surface area contributed by atoms with Crippen molar-refractivity contribution in [2.75, 3.05) is 18.5 Å². The summed E-state index contributed by atoms with van der Waals surface area (Å²) in [5.74, 6) is -0.412. The van der Waals surface area contributed by atoms with E-state index < -0.39 is 5.97 Å². The maximum absolute atomic E-state index is 10.5. The van der Waals surface area contributed by atoms with E-state index in [1.807, 2.05) is 18.0 Å². The van der Waals surface area contributed by atoms with Crippen LogP contribution in [0.5, 0.6) is 0 Å². The lowest BCUT2D eigenvalue weighted by atomic mass is 10.3. The van der Waals surface area contributed by atoms with Gasteiger partial charge < -0.3 is 10.0 Å². The van der Waals surface area contributed by atoms with Gasteiger partial charge in [0.1, 0.15) is 0 Å². The van der Waals surface area contributed by atoms with E-state index in [1.165, 1.54) is 6.07 Å². The van der Waals surface area contributed by atoms with Gasteiger partial charge in [-0.25, -0.2) is 4.79 Å². The van der Waals surface area contributed by atoms with Gasteiger partial charge in [0.2, 0.25) is 0 Å². The summed E-state index contributed by atoms with van der Waals surface area (Å²) in [6.45, 7) is 4.41.